The van der Waals surface area contributed by atoms with Gasteiger partial charge in [0.05, 0.1) is 11.7 Å². The summed E-state index contributed by atoms with van der Waals surface area (Å²) in [4.78, 5) is 0. The molecule has 0 radical (unpaired) electrons. The van der Waals surface area contributed by atoms with E-state index in [0.29, 0.717) is 6.73 Å². The monoisotopic (exact) mass is 306 g/mol. The van der Waals surface area contributed by atoms with Crippen LogP contribution >= 0.6 is 0 Å². The summed E-state index contributed by atoms with van der Waals surface area (Å²) in [5.41, 5.74) is 5.44. The van der Waals surface area contributed by atoms with Crippen molar-refractivity contribution in [3.05, 3.63) is 71.1 Å². The summed E-state index contributed by atoms with van der Waals surface area (Å²) < 4.78 is 11.1. The molecule has 2 heterocycles. The van der Waals surface area contributed by atoms with E-state index in [-0.39, 0.29) is 6.04 Å². The number of nitrogens with one attached hydrogen (secondary N) is 1. The van der Waals surface area contributed by atoms with Crippen LogP contribution in [0.15, 0.2) is 53.1 Å². The van der Waals surface area contributed by atoms with Crippen LogP contribution in [-0.4, -0.2) is 11.9 Å². The van der Waals surface area contributed by atoms with Crippen molar-refractivity contribution in [2.45, 2.75) is 19.9 Å². The summed E-state index contributed by atoms with van der Waals surface area (Å²) >= 11 is 0. The van der Waals surface area contributed by atoms with Crippen LogP contribution in [0.4, 0.5) is 0 Å². The Morgan fingerprint density at radius 2 is 1.91 bits per heavy atom. The van der Waals surface area contributed by atoms with Gasteiger partial charge < -0.3 is 9.26 Å². The van der Waals surface area contributed by atoms with Gasteiger partial charge in [0.25, 0.3) is 0 Å². The van der Waals surface area contributed by atoms with E-state index < -0.39 is 0 Å². The quantitative estimate of drug-likeness (QED) is 0.778. The molecular weight excluding hydrogens is 288 g/mol. The fourth-order valence-corrected chi connectivity index (χ4v) is 3.21. The van der Waals surface area contributed by atoms with Crippen molar-refractivity contribution in [2.75, 3.05) is 6.73 Å². The third-order valence-corrected chi connectivity index (χ3v) is 4.29. The number of aryl methyl sites for hydroxylation is 2. The van der Waals surface area contributed by atoms with Crippen LogP contribution in [0.3, 0.4) is 0 Å². The highest BCUT2D eigenvalue weighted by Gasteiger charge is 2.24. The number of ether oxygens (including phenoxy) is 1. The first-order chi connectivity index (χ1) is 11.2. The summed E-state index contributed by atoms with van der Waals surface area (Å²) in [5.74, 6) is 1.76. The van der Waals surface area contributed by atoms with Gasteiger partial charge in [0.15, 0.2) is 0 Å². The van der Waals surface area contributed by atoms with Crippen LogP contribution in [0, 0.1) is 13.8 Å². The number of hydrogen-bond acceptors (Lipinski definition) is 4. The van der Waals surface area contributed by atoms with Crippen LogP contribution in [0.25, 0.3) is 11.1 Å². The molecule has 1 aliphatic heterocycles. The highest BCUT2D eigenvalue weighted by Crippen LogP contribution is 2.37. The van der Waals surface area contributed by atoms with Crippen molar-refractivity contribution in [1.82, 2.24) is 10.5 Å². The topological polar surface area (TPSA) is 47.3 Å². The van der Waals surface area contributed by atoms with E-state index in [2.05, 4.69) is 46.9 Å². The van der Waals surface area contributed by atoms with Gasteiger partial charge in [-0.2, -0.15) is 0 Å². The molecule has 0 aliphatic carbocycles. The van der Waals surface area contributed by atoms with Gasteiger partial charge in [-0.05, 0) is 37.1 Å². The second kappa shape index (κ2) is 5.56. The molecule has 0 amide bonds. The van der Waals surface area contributed by atoms with Crippen LogP contribution in [-0.2, 0) is 0 Å². The maximum Gasteiger partial charge on any atom is 0.141 e. The molecule has 0 fully saturated rings. The predicted molar refractivity (Wildman–Crippen MR) is 88.3 cm³/mol. The Balaban J connectivity index is 1.83. The zero-order valence-corrected chi connectivity index (χ0v) is 13.2. The Hall–Kier alpha value is -2.59. The molecule has 2 aromatic carbocycles. The molecular formula is C19H18N2O2. The summed E-state index contributed by atoms with van der Waals surface area (Å²) in [6, 6.07) is 16.8. The minimum absolute atomic E-state index is 0.125. The molecule has 1 N–H and O–H groups in total. The maximum absolute atomic E-state index is 5.76. The minimum Gasteiger partial charge on any atom is -0.478 e. The number of benzene rings is 2. The largest absolute Gasteiger partial charge is 0.478 e. The molecule has 0 saturated heterocycles. The molecule has 0 bridgehead atoms. The zero-order chi connectivity index (χ0) is 15.8. The molecule has 3 aromatic rings. The average molecular weight is 306 g/mol. The lowest BCUT2D eigenvalue weighted by molar-refractivity contribution is 0.243. The molecule has 4 heteroatoms. The third kappa shape index (κ3) is 2.41. The Bertz CT molecular complexity index is 820. The van der Waals surface area contributed by atoms with E-state index >= 15 is 0 Å². The van der Waals surface area contributed by atoms with Gasteiger partial charge in [-0.15, -0.1) is 0 Å². The number of hydrogen-bond donors (Lipinski definition) is 1. The number of nitrogens with zero attached hydrogens (tertiary/aromatic N) is 1. The van der Waals surface area contributed by atoms with Crippen molar-refractivity contribution >= 4 is 0 Å². The van der Waals surface area contributed by atoms with Crippen LogP contribution in [0.2, 0.25) is 0 Å². The van der Waals surface area contributed by atoms with E-state index in [9.17, 15) is 0 Å². The van der Waals surface area contributed by atoms with E-state index in [1.165, 1.54) is 5.56 Å². The number of aromatic nitrogens is 1. The molecule has 116 valence electrons. The first-order valence-electron chi connectivity index (χ1n) is 7.72. The maximum atomic E-state index is 5.76. The Morgan fingerprint density at radius 1 is 1.09 bits per heavy atom. The van der Waals surface area contributed by atoms with Crippen molar-refractivity contribution in [3.8, 4) is 16.9 Å². The Morgan fingerprint density at radius 3 is 2.65 bits per heavy atom. The van der Waals surface area contributed by atoms with Crippen molar-refractivity contribution in [3.63, 3.8) is 0 Å². The van der Waals surface area contributed by atoms with Crippen molar-refractivity contribution in [1.29, 1.82) is 0 Å². The van der Waals surface area contributed by atoms with Gasteiger partial charge in [0.1, 0.15) is 18.2 Å². The van der Waals surface area contributed by atoms with Crippen LogP contribution in [0.5, 0.6) is 5.75 Å². The van der Waals surface area contributed by atoms with Crippen LogP contribution < -0.4 is 10.1 Å². The molecule has 4 nitrogen and oxygen atoms in total. The first kappa shape index (κ1) is 14.0. The summed E-state index contributed by atoms with van der Waals surface area (Å²) in [7, 11) is 0. The van der Waals surface area contributed by atoms with Gasteiger partial charge in [-0.1, -0.05) is 41.6 Å². The van der Waals surface area contributed by atoms with Gasteiger partial charge in [0, 0.05) is 11.1 Å². The molecule has 0 saturated carbocycles. The van der Waals surface area contributed by atoms with Crippen LogP contribution in [0.1, 0.15) is 28.6 Å². The van der Waals surface area contributed by atoms with Crippen molar-refractivity contribution < 1.29 is 9.26 Å². The second-order valence-corrected chi connectivity index (χ2v) is 5.79. The van der Waals surface area contributed by atoms with Gasteiger partial charge >= 0.3 is 0 Å². The SMILES string of the molecule is Cc1noc(C)c1-c1ccc2c(c1)C(c1ccccc1)NCO2. The highest BCUT2D eigenvalue weighted by atomic mass is 16.5. The molecule has 1 atom stereocenters. The fourth-order valence-electron chi connectivity index (χ4n) is 3.21. The minimum atomic E-state index is 0.125. The first-order valence-corrected chi connectivity index (χ1v) is 7.72. The normalized spacial score (nSPS) is 16.7. The van der Waals surface area contributed by atoms with Gasteiger partial charge in [-0.3, -0.25) is 5.32 Å². The molecule has 1 aliphatic rings. The highest BCUT2D eigenvalue weighted by molar-refractivity contribution is 5.70. The lowest BCUT2D eigenvalue weighted by atomic mass is 9.93. The summed E-state index contributed by atoms with van der Waals surface area (Å²) in [5, 5.41) is 7.49. The van der Waals surface area contributed by atoms with Gasteiger partial charge in [-0.25, -0.2) is 0 Å². The van der Waals surface area contributed by atoms with E-state index in [4.69, 9.17) is 9.26 Å². The number of fused-ring (bicyclic) bond motifs is 1. The Labute approximate surface area is 135 Å². The molecule has 23 heavy (non-hydrogen) atoms. The van der Waals surface area contributed by atoms with Gasteiger partial charge in [0.2, 0.25) is 0 Å². The standard InChI is InChI=1S/C19H18N2O2/c1-12-18(13(2)23-21-12)15-8-9-17-16(10-15)19(20-11-22-17)14-6-4-3-5-7-14/h3-10,19-20H,11H2,1-2H3. The third-order valence-electron chi connectivity index (χ3n) is 4.29. The predicted octanol–water partition coefficient (Wildman–Crippen LogP) is 3.99. The molecule has 1 aromatic heterocycles. The fraction of sp³-hybridized carbons (Fsp3) is 0.211. The van der Waals surface area contributed by atoms with E-state index in [1.807, 2.05) is 26.0 Å². The Kier molecular flexibility index (Phi) is 3.39. The lowest BCUT2D eigenvalue weighted by Gasteiger charge is -2.28. The molecule has 0 spiro atoms. The smallest absolute Gasteiger partial charge is 0.141 e. The van der Waals surface area contributed by atoms with E-state index in [0.717, 1.165) is 33.9 Å². The van der Waals surface area contributed by atoms with Crippen molar-refractivity contribution in [2.24, 2.45) is 0 Å². The van der Waals surface area contributed by atoms with E-state index in [1.54, 1.807) is 0 Å². The zero-order valence-electron chi connectivity index (χ0n) is 13.2. The lowest BCUT2D eigenvalue weighted by Crippen LogP contribution is -2.31. The summed E-state index contributed by atoms with van der Waals surface area (Å²) in [6.45, 7) is 4.42. The molecule has 1 unspecified atom stereocenters. The average Bonchev–Trinajstić information content (AvgIpc) is 2.93. The number of rotatable bonds is 2. The molecule has 4 rings (SSSR count). The second-order valence-electron chi connectivity index (χ2n) is 5.79. The summed E-state index contributed by atoms with van der Waals surface area (Å²) in [6.07, 6.45) is 0.